The normalized spacial score (nSPS) is 14.8. The highest BCUT2D eigenvalue weighted by Gasteiger charge is 2.25. The molecule has 1 aromatic carbocycles. The van der Waals surface area contributed by atoms with Crippen LogP contribution in [0.1, 0.15) is 18.4 Å². The van der Waals surface area contributed by atoms with E-state index >= 15 is 0 Å². The van der Waals surface area contributed by atoms with Crippen LogP contribution < -0.4 is 11.1 Å². The number of hydrogen-bond acceptors (Lipinski definition) is 3. The van der Waals surface area contributed by atoms with Crippen molar-refractivity contribution in [1.82, 2.24) is 4.90 Å². The summed E-state index contributed by atoms with van der Waals surface area (Å²) in [6, 6.07) is 5.56. The molecule has 0 aromatic heterocycles. The maximum Gasteiger partial charge on any atom is 0.135 e. The lowest BCUT2D eigenvalue weighted by atomic mass is 10.1. The van der Waals surface area contributed by atoms with Crippen LogP contribution in [-0.4, -0.2) is 36.1 Å². The molecule has 1 aliphatic carbocycles. The van der Waals surface area contributed by atoms with Gasteiger partial charge in [-0.2, -0.15) is 0 Å². The highest BCUT2D eigenvalue weighted by Crippen LogP contribution is 2.25. The second-order valence-corrected chi connectivity index (χ2v) is 5.11. The first-order chi connectivity index (χ1) is 8.59. The predicted octanol–water partition coefficient (Wildman–Crippen LogP) is 1.97. The number of nitrogens with one attached hydrogen (secondary N) is 1. The van der Waals surface area contributed by atoms with E-state index in [1.807, 2.05) is 0 Å². The van der Waals surface area contributed by atoms with Gasteiger partial charge >= 0.3 is 0 Å². The number of hydrogen-bond donors (Lipinski definition) is 2. The van der Waals surface area contributed by atoms with E-state index in [0.29, 0.717) is 11.3 Å². The lowest BCUT2D eigenvalue weighted by molar-refractivity contribution is 0.337. The van der Waals surface area contributed by atoms with E-state index in [1.54, 1.807) is 12.1 Å². The number of anilines is 1. The highest BCUT2D eigenvalue weighted by atomic mass is 32.1. The van der Waals surface area contributed by atoms with Crippen molar-refractivity contribution < 1.29 is 4.39 Å². The van der Waals surface area contributed by atoms with Crippen LogP contribution >= 0.6 is 12.2 Å². The van der Waals surface area contributed by atoms with E-state index in [9.17, 15) is 4.39 Å². The zero-order valence-corrected chi connectivity index (χ0v) is 11.3. The fourth-order valence-corrected chi connectivity index (χ4v) is 2.19. The van der Waals surface area contributed by atoms with Crippen LogP contribution in [0, 0.1) is 5.82 Å². The van der Waals surface area contributed by atoms with Gasteiger partial charge < -0.3 is 16.0 Å². The van der Waals surface area contributed by atoms with Gasteiger partial charge in [0.05, 0.1) is 5.56 Å². The van der Waals surface area contributed by atoms with Gasteiger partial charge in [0.15, 0.2) is 0 Å². The van der Waals surface area contributed by atoms with Crippen molar-refractivity contribution in [3.63, 3.8) is 0 Å². The predicted molar refractivity (Wildman–Crippen MR) is 76.4 cm³/mol. The zero-order chi connectivity index (χ0) is 13.1. The molecule has 0 unspecified atom stereocenters. The van der Waals surface area contributed by atoms with Crippen LogP contribution in [0.4, 0.5) is 10.1 Å². The third kappa shape index (κ3) is 3.17. The summed E-state index contributed by atoms with van der Waals surface area (Å²) in [6.45, 7) is 1.68. The first kappa shape index (κ1) is 13.2. The second-order valence-electron chi connectivity index (χ2n) is 4.67. The SMILES string of the molecule is CN(CCNc1cccc(F)c1C(N)=S)C1CC1. The maximum atomic E-state index is 13.6. The Kier molecular flexibility index (Phi) is 4.14. The average molecular weight is 267 g/mol. The minimum absolute atomic E-state index is 0.0890. The molecule has 0 radical (unpaired) electrons. The number of benzene rings is 1. The molecule has 1 fully saturated rings. The fraction of sp³-hybridized carbons (Fsp3) is 0.462. The molecule has 0 bridgehead atoms. The molecule has 3 nitrogen and oxygen atoms in total. The molecule has 18 heavy (non-hydrogen) atoms. The van der Waals surface area contributed by atoms with E-state index in [0.717, 1.165) is 19.1 Å². The van der Waals surface area contributed by atoms with Crippen molar-refractivity contribution in [3.8, 4) is 0 Å². The summed E-state index contributed by atoms with van der Waals surface area (Å²) in [4.78, 5) is 2.40. The standard InChI is InChI=1S/C13H18FN3S/c1-17(9-5-6-9)8-7-16-11-4-2-3-10(14)12(11)13(15)18/h2-4,9,16H,5-8H2,1H3,(H2,15,18). The fourth-order valence-electron chi connectivity index (χ4n) is 1.99. The maximum absolute atomic E-state index is 13.6. The molecular formula is C13H18FN3S. The lowest BCUT2D eigenvalue weighted by Crippen LogP contribution is -2.27. The average Bonchev–Trinajstić information content (AvgIpc) is 3.12. The molecule has 0 aliphatic heterocycles. The number of nitrogens with two attached hydrogens (primary N) is 1. The van der Waals surface area contributed by atoms with Crippen molar-refractivity contribution in [2.75, 3.05) is 25.5 Å². The van der Waals surface area contributed by atoms with Gasteiger partial charge in [0, 0.05) is 24.8 Å². The molecule has 0 spiro atoms. The number of rotatable bonds is 6. The summed E-state index contributed by atoms with van der Waals surface area (Å²) in [5.41, 5.74) is 6.53. The highest BCUT2D eigenvalue weighted by molar-refractivity contribution is 7.80. The Morgan fingerprint density at radius 2 is 2.28 bits per heavy atom. The molecule has 2 rings (SSSR count). The Hall–Kier alpha value is -1.20. The minimum Gasteiger partial charge on any atom is -0.389 e. The molecule has 1 aliphatic rings. The Morgan fingerprint density at radius 1 is 1.56 bits per heavy atom. The van der Waals surface area contributed by atoms with Gasteiger partial charge in [-0.1, -0.05) is 18.3 Å². The van der Waals surface area contributed by atoms with E-state index in [1.165, 1.54) is 18.9 Å². The van der Waals surface area contributed by atoms with Gasteiger partial charge in [-0.15, -0.1) is 0 Å². The monoisotopic (exact) mass is 267 g/mol. The molecule has 0 heterocycles. The largest absolute Gasteiger partial charge is 0.389 e. The molecule has 1 saturated carbocycles. The zero-order valence-electron chi connectivity index (χ0n) is 10.4. The molecule has 98 valence electrons. The quantitative estimate of drug-likeness (QED) is 0.773. The van der Waals surface area contributed by atoms with Crippen molar-refractivity contribution in [2.24, 2.45) is 5.73 Å². The van der Waals surface area contributed by atoms with Crippen LogP contribution in [0.15, 0.2) is 18.2 Å². The number of likely N-dealkylation sites (N-methyl/N-ethyl adjacent to an activating group) is 1. The summed E-state index contributed by atoms with van der Waals surface area (Å²) in [5.74, 6) is -0.372. The smallest absolute Gasteiger partial charge is 0.135 e. The first-order valence-electron chi connectivity index (χ1n) is 6.12. The Labute approximate surface area is 112 Å². The van der Waals surface area contributed by atoms with Crippen LogP contribution in [0.3, 0.4) is 0 Å². The molecule has 1 aromatic rings. The van der Waals surface area contributed by atoms with Gasteiger partial charge in [-0.3, -0.25) is 0 Å². The number of halogens is 1. The van der Waals surface area contributed by atoms with E-state index < -0.39 is 0 Å². The van der Waals surface area contributed by atoms with Crippen LogP contribution in [0.25, 0.3) is 0 Å². The molecule has 0 saturated heterocycles. The Bertz CT molecular complexity index is 446. The first-order valence-corrected chi connectivity index (χ1v) is 6.53. The van der Waals surface area contributed by atoms with Crippen LogP contribution in [-0.2, 0) is 0 Å². The van der Waals surface area contributed by atoms with E-state index in [4.69, 9.17) is 18.0 Å². The molecule has 5 heteroatoms. The number of nitrogens with zero attached hydrogens (tertiary/aromatic N) is 1. The summed E-state index contributed by atoms with van der Waals surface area (Å²) in [6.07, 6.45) is 2.57. The lowest BCUT2D eigenvalue weighted by Gasteiger charge is -2.17. The van der Waals surface area contributed by atoms with Crippen molar-refractivity contribution in [1.29, 1.82) is 0 Å². The molecular weight excluding hydrogens is 249 g/mol. The Balaban J connectivity index is 1.95. The summed E-state index contributed by atoms with van der Waals surface area (Å²) in [5, 5.41) is 3.20. The minimum atomic E-state index is -0.372. The van der Waals surface area contributed by atoms with E-state index in [2.05, 4.69) is 17.3 Å². The summed E-state index contributed by atoms with van der Waals surface area (Å²) >= 11 is 4.88. The molecule has 0 atom stereocenters. The van der Waals surface area contributed by atoms with Gasteiger partial charge in [0.1, 0.15) is 10.8 Å². The molecule has 0 amide bonds. The van der Waals surface area contributed by atoms with Crippen molar-refractivity contribution in [2.45, 2.75) is 18.9 Å². The topological polar surface area (TPSA) is 41.3 Å². The van der Waals surface area contributed by atoms with Crippen LogP contribution in [0.5, 0.6) is 0 Å². The van der Waals surface area contributed by atoms with E-state index in [-0.39, 0.29) is 10.8 Å². The van der Waals surface area contributed by atoms with Crippen molar-refractivity contribution >= 4 is 22.9 Å². The third-order valence-electron chi connectivity index (χ3n) is 3.21. The summed E-state index contributed by atoms with van der Waals surface area (Å²) < 4.78 is 13.6. The van der Waals surface area contributed by atoms with Gasteiger partial charge in [0.2, 0.25) is 0 Å². The Morgan fingerprint density at radius 3 is 2.89 bits per heavy atom. The molecule has 3 N–H and O–H groups in total. The van der Waals surface area contributed by atoms with Crippen LogP contribution in [0.2, 0.25) is 0 Å². The van der Waals surface area contributed by atoms with Gasteiger partial charge in [0.25, 0.3) is 0 Å². The van der Waals surface area contributed by atoms with Gasteiger partial charge in [-0.05, 0) is 32.0 Å². The van der Waals surface area contributed by atoms with Crippen molar-refractivity contribution in [3.05, 3.63) is 29.6 Å². The summed E-state index contributed by atoms with van der Waals surface area (Å²) in [7, 11) is 2.11. The van der Waals surface area contributed by atoms with Gasteiger partial charge in [-0.25, -0.2) is 4.39 Å². The third-order valence-corrected chi connectivity index (χ3v) is 3.41. The number of thiocarbonyl (C=S) groups is 1. The second kappa shape index (κ2) is 5.63.